The first kappa shape index (κ1) is 52.5. The highest BCUT2D eigenvalue weighted by molar-refractivity contribution is 6.33. The van der Waals surface area contributed by atoms with E-state index in [2.05, 4.69) is 63.9 Å². The Labute approximate surface area is 435 Å². The summed E-state index contributed by atoms with van der Waals surface area (Å²) in [7, 11) is 0. The first-order valence-electron chi connectivity index (χ1n) is 25.2. The van der Waals surface area contributed by atoms with Gasteiger partial charge in [-0.1, -0.05) is 118 Å². The number of piperazine rings is 2. The molecule has 2 saturated carbocycles. The molecule has 0 radical (unpaired) electrons. The zero-order valence-corrected chi connectivity index (χ0v) is 41.3. The standard InChI is InChI=1S/C31H35ClN6O2.C23H29ClN6.2CH4/c32-27-19-34-30(36-29(27)26-18-33-28-12-5-4-11-25(26)28)35-24-10-6-9-23(17-24)20-37-13-15-38(16-14-37)31(39)40-21-22-7-2-1-3-8-22;24-20-14-27-23(29-22(20)19-13-26-21-7-2-1-6-18(19)21)28-17-5-3-4-16(12-17)15-30-10-8-25-9-11-30;;/h1-5,7-8,11-12,18-19,23-24,33H,6,9-10,13-17,20-21H2,(H,34,35,36);1-2,6-7,13-14,16-17,25-26H,3-5,8-12,15H2,(H,27,28,29);2*1H4/t23-,24+;16-,17+;;/m00../s1. The average Bonchev–Trinajstić information content (AvgIpc) is 4.03. The second kappa shape index (κ2) is 25.3. The van der Waals surface area contributed by atoms with Crippen molar-refractivity contribution in [3.05, 3.63) is 119 Å². The fraction of sp³-hybridized carbons (Fsp3) is 0.446. The molecule has 7 aromatic rings. The molecule has 16 heteroatoms. The van der Waals surface area contributed by atoms with Crippen molar-refractivity contribution in [1.29, 1.82) is 0 Å². The number of benzene rings is 3. The number of aromatic amines is 2. The van der Waals surface area contributed by atoms with E-state index in [0.29, 0.717) is 59.6 Å². The molecule has 0 bridgehead atoms. The molecule has 72 heavy (non-hydrogen) atoms. The maximum atomic E-state index is 12.5. The lowest BCUT2D eigenvalue weighted by atomic mass is 9.85. The quantitative estimate of drug-likeness (QED) is 0.0794. The summed E-state index contributed by atoms with van der Waals surface area (Å²) in [5, 5.41) is 14.0. The van der Waals surface area contributed by atoms with Gasteiger partial charge in [0.05, 0.1) is 33.8 Å². The van der Waals surface area contributed by atoms with Crippen LogP contribution in [-0.4, -0.2) is 128 Å². The lowest BCUT2D eigenvalue weighted by molar-refractivity contribution is 0.0656. The number of ether oxygens (including phenoxy) is 1. The van der Waals surface area contributed by atoms with E-state index in [1.54, 1.807) is 12.4 Å². The van der Waals surface area contributed by atoms with Gasteiger partial charge < -0.3 is 40.5 Å². The van der Waals surface area contributed by atoms with Crippen molar-refractivity contribution in [3.8, 4) is 22.5 Å². The second-order valence-electron chi connectivity index (χ2n) is 19.4. The van der Waals surface area contributed by atoms with Crippen LogP contribution in [0.3, 0.4) is 0 Å². The SMILES string of the molecule is C.C.Clc1cnc(N[C@@H]2CCC[C@H](CN3CCNCC3)C2)nc1-c1c[nH]c2ccccc12.O=C(OCc1ccccc1)N1CCN(C[C@H]2CCC[C@@H](Nc3ncc(Cl)c(-c4c[nH]c5ccccc45)n3)C2)CC1. The van der Waals surface area contributed by atoms with Crippen LogP contribution in [0, 0.1) is 11.8 Å². The fourth-order valence-corrected chi connectivity index (χ4v) is 11.3. The van der Waals surface area contributed by atoms with Gasteiger partial charge in [-0.3, -0.25) is 4.90 Å². The largest absolute Gasteiger partial charge is 0.445 e. The predicted octanol–water partition coefficient (Wildman–Crippen LogP) is 11.6. The summed E-state index contributed by atoms with van der Waals surface area (Å²) in [5.74, 6) is 2.64. The van der Waals surface area contributed by atoms with E-state index < -0.39 is 0 Å². The number of anilines is 2. The van der Waals surface area contributed by atoms with E-state index in [-0.39, 0.29) is 20.9 Å². The Kier molecular flexibility index (Phi) is 18.4. The highest BCUT2D eigenvalue weighted by Crippen LogP contribution is 2.35. The normalized spacial score (nSPS) is 20.7. The van der Waals surface area contributed by atoms with Crippen molar-refractivity contribution in [2.24, 2.45) is 11.8 Å². The number of hydrogen-bond acceptors (Lipinski definition) is 11. The summed E-state index contributed by atoms with van der Waals surface area (Å²) in [5.41, 5.74) is 6.66. The topological polar surface area (TPSA) is 155 Å². The lowest BCUT2D eigenvalue weighted by Crippen LogP contribution is -2.50. The molecule has 2 aliphatic carbocycles. The van der Waals surface area contributed by atoms with Gasteiger partial charge in [0.15, 0.2) is 0 Å². The molecule has 2 aliphatic heterocycles. The van der Waals surface area contributed by atoms with Crippen LogP contribution in [-0.2, 0) is 11.3 Å². The molecule has 382 valence electrons. The second-order valence-corrected chi connectivity index (χ2v) is 20.2. The highest BCUT2D eigenvalue weighted by Gasteiger charge is 2.29. The van der Waals surface area contributed by atoms with Crippen LogP contribution < -0.4 is 16.0 Å². The van der Waals surface area contributed by atoms with Crippen LogP contribution in [0.4, 0.5) is 16.7 Å². The van der Waals surface area contributed by atoms with E-state index in [1.165, 1.54) is 58.2 Å². The molecule has 0 unspecified atom stereocenters. The van der Waals surface area contributed by atoms with Gasteiger partial charge in [0.2, 0.25) is 11.9 Å². The van der Waals surface area contributed by atoms with Gasteiger partial charge in [-0.05, 0) is 68.1 Å². The number of halogens is 2. The Bertz CT molecular complexity index is 2810. The van der Waals surface area contributed by atoms with Gasteiger partial charge >= 0.3 is 6.09 Å². The molecule has 4 fully saturated rings. The van der Waals surface area contributed by atoms with Gasteiger partial charge in [-0.25, -0.2) is 24.7 Å². The van der Waals surface area contributed by atoms with Gasteiger partial charge in [0.25, 0.3) is 0 Å². The number of para-hydroxylation sites is 2. The van der Waals surface area contributed by atoms with E-state index in [4.69, 9.17) is 37.9 Å². The summed E-state index contributed by atoms with van der Waals surface area (Å²) in [4.78, 5) is 44.7. The maximum Gasteiger partial charge on any atom is 0.410 e. The molecule has 4 aromatic heterocycles. The van der Waals surface area contributed by atoms with Gasteiger partial charge in [0.1, 0.15) is 6.61 Å². The number of hydrogen-bond donors (Lipinski definition) is 5. The number of carbonyl (C=O) groups is 1. The number of H-pyrrole nitrogens is 2. The van der Waals surface area contributed by atoms with Gasteiger partial charge in [-0.15, -0.1) is 0 Å². The van der Waals surface area contributed by atoms with E-state index >= 15 is 0 Å². The zero-order chi connectivity index (χ0) is 47.7. The molecule has 0 spiro atoms. The summed E-state index contributed by atoms with van der Waals surface area (Å²) in [6.07, 6.45) is 16.6. The van der Waals surface area contributed by atoms with Crippen molar-refractivity contribution in [2.75, 3.05) is 76.1 Å². The number of carbonyl (C=O) groups excluding carboxylic acids is 1. The molecule has 5 N–H and O–H groups in total. The lowest BCUT2D eigenvalue weighted by Gasteiger charge is -2.38. The first-order valence-corrected chi connectivity index (χ1v) is 26.0. The monoisotopic (exact) mass is 1010 g/mol. The number of fused-ring (bicyclic) bond motifs is 2. The van der Waals surface area contributed by atoms with Crippen LogP contribution in [0.1, 0.15) is 71.8 Å². The molecule has 6 heterocycles. The van der Waals surface area contributed by atoms with Crippen molar-refractivity contribution in [1.82, 2.24) is 49.9 Å². The molecular formula is C56H72Cl2N12O2. The molecule has 2 saturated heterocycles. The van der Waals surface area contributed by atoms with E-state index in [9.17, 15) is 4.79 Å². The van der Waals surface area contributed by atoms with Crippen LogP contribution in [0.5, 0.6) is 0 Å². The Hall–Kier alpha value is -5.77. The fourth-order valence-electron chi connectivity index (χ4n) is 10.9. The summed E-state index contributed by atoms with van der Waals surface area (Å²) >= 11 is 13.0. The van der Waals surface area contributed by atoms with Gasteiger partial charge in [-0.2, -0.15) is 0 Å². The summed E-state index contributed by atoms with van der Waals surface area (Å²) < 4.78 is 5.52. The molecule has 4 aliphatic rings. The Morgan fingerprint density at radius 2 is 1.11 bits per heavy atom. The third-order valence-corrected chi connectivity index (χ3v) is 15.0. The first-order chi connectivity index (χ1) is 34.4. The zero-order valence-electron chi connectivity index (χ0n) is 39.8. The third kappa shape index (κ3) is 13.2. The third-order valence-electron chi connectivity index (χ3n) is 14.5. The minimum Gasteiger partial charge on any atom is -0.445 e. The maximum absolute atomic E-state index is 12.5. The van der Waals surface area contributed by atoms with Crippen molar-refractivity contribution >= 4 is 63.0 Å². The molecule has 1 amide bonds. The summed E-state index contributed by atoms with van der Waals surface area (Å²) in [6, 6.07) is 26.9. The molecule has 14 nitrogen and oxygen atoms in total. The number of nitrogens with one attached hydrogen (secondary N) is 5. The summed E-state index contributed by atoms with van der Waals surface area (Å²) in [6.45, 7) is 10.3. The van der Waals surface area contributed by atoms with Crippen LogP contribution >= 0.6 is 23.2 Å². The molecule has 11 rings (SSSR count). The minimum absolute atomic E-state index is 0. The number of amides is 1. The van der Waals surface area contributed by atoms with Crippen LogP contribution in [0.25, 0.3) is 44.3 Å². The van der Waals surface area contributed by atoms with Crippen molar-refractivity contribution in [3.63, 3.8) is 0 Å². The highest BCUT2D eigenvalue weighted by atomic mass is 35.5. The van der Waals surface area contributed by atoms with E-state index in [1.807, 2.05) is 78.0 Å². The average molecular weight is 1020 g/mol. The van der Waals surface area contributed by atoms with E-state index in [0.717, 1.165) is 101 Å². The number of nitrogens with zero attached hydrogens (tertiary/aromatic N) is 7. The van der Waals surface area contributed by atoms with Crippen LogP contribution in [0.2, 0.25) is 10.0 Å². The van der Waals surface area contributed by atoms with Crippen molar-refractivity contribution in [2.45, 2.75) is 84.9 Å². The van der Waals surface area contributed by atoms with Gasteiger partial charge in [0, 0.05) is 123 Å². The smallest absolute Gasteiger partial charge is 0.410 e. The number of aromatic nitrogens is 6. The van der Waals surface area contributed by atoms with Crippen LogP contribution in [0.15, 0.2) is 104 Å². The Morgan fingerprint density at radius 1 is 0.625 bits per heavy atom. The van der Waals surface area contributed by atoms with Crippen molar-refractivity contribution < 1.29 is 9.53 Å². The minimum atomic E-state index is -0.222. The predicted molar refractivity (Wildman–Crippen MR) is 295 cm³/mol. The molecule has 4 atom stereocenters. The Balaban J connectivity index is 0.000000194. The molecule has 3 aromatic carbocycles. The molecular weight excluding hydrogens is 944 g/mol. The number of rotatable bonds is 12. The Morgan fingerprint density at radius 3 is 1.64 bits per heavy atom.